The van der Waals surface area contributed by atoms with Crippen molar-refractivity contribution in [3.8, 4) is 5.69 Å². The van der Waals surface area contributed by atoms with Crippen molar-refractivity contribution in [2.75, 3.05) is 39.4 Å². The van der Waals surface area contributed by atoms with E-state index in [0.29, 0.717) is 12.1 Å². The summed E-state index contributed by atoms with van der Waals surface area (Å²) in [6, 6.07) is 15.6. The number of para-hydroxylation sites is 2. The fraction of sp³-hybridized carbons (Fsp3) is 0.300. The van der Waals surface area contributed by atoms with Gasteiger partial charge in [0.25, 0.3) is 5.91 Å². The molecule has 0 bridgehead atoms. The van der Waals surface area contributed by atoms with Gasteiger partial charge in [0.15, 0.2) is 0 Å². The Morgan fingerprint density at radius 2 is 1.85 bits per heavy atom. The third kappa shape index (κ3) is 3.61. The zero-order chi connectivity index (χ0) is 17.8. The third-order valence-corrected chi connectivity index (χ3v) is 4.68. The molecule has 1 saturated heterocycles. The number of aromatic nitrogens is 2. The summed E-state index contributed by atoms with van der Waals surface area (Å²) in [7, 11) is 0. The van der Waals surface area contributed by atoms with Crippen LogP contribution in [-0.2, 0) is 4.74 Å². The second-order valence-corrected chi connectivity index (χ2v) is 6.36. The molecule has 1 amide bonds. The second kappa shape index (κ2) is 7.68. The number of hydrogen-bond acceptors (Lipinski definition) is 4. The van der Waals surface area contributed by atoms with Gasteiger partial charge >= 0.3 is 0 Å². The minimum Gasteiger partial charge on any atom is -0.379 e. The maximum absolute atomic E-state index is 12.3. The number of hydrogen-bond donors (Lipinski definition) is 1. The average Bonchev–Trinajstić information content (AvgIpc) is 3.13. The summed E-state index contributed by atoms with van der Waals surface area (Å²) >= 11 is 0. The first-order valence-corrected chi connectivity index (χ1v) is 8.92. The number of nitrogens with one attached hydrogen (secondary N) is 1. The fourth-order valence-electron chi connectivity index (χ4n) is 3.19. The molecule has 0 unspecified atom stereocenters. The molecule has 6 heteroatoms. The van der Waals surface area contributed by atoms with E-state index in [9.17, 15) is 4.79 Å². The van der Waals surface area contributed by atoms with Crippen molar-refractivity contribution in [1.29, 1.82) is 0 Å². The van der Waals surface area contributed by atoms with Crippen LogP contribution in [0.2, 0.25) is 0 Å². The molecule has 1 aliphatic rings. The highest BCUT2D eigenvalue weighted by Gasteiger charge is 2.11. The lowest BCUT2D eigenvalue weighted by Gasteiger charge is -2.26. The Kier molecular flexibility index (Phi) is 4.95. The number of fused-ring (bicyclic) bond motifs is 1. The molecular formula is C20H22N4O2. The Hall–Kier alpha value is -2.70. The lowest BCUT2D eigenvalue weighted by atomic mass is 10.2. The van der Waals surface area contributed by atoms with Crippen molar-refractivity contribution in [1.82, 2.24) is 19.8 Å². The van der Waals surface area contributed by atoms with E-state index in [2.05, 4.69) is 15.2 Å². The van der Waals surface area contributed by atoms with E-state index in [1.54, 1.807) is 0 Å². The van der Waals surface area contributed by atoms with E-state index >= 15 is 0 Å². The quantitative estimate of drug-likeness (QED) is 0.765. The van der Waals surface area contributed by atoms with E-state index in [1.807, 2.05) is 59.4 Å². The standard InChI is InChI=1S/C20H22N4O2/c25-20(21-9-10-23-11-13-26-14-12-23)16-5-7-17(8-6-16)24-15-22-18-3-1-2-4-19(18)24/h1-8,15H,9-14H2,(H,21,25). The molecule has 1 aliphatic heterocycles. The van der Waals surface area contributed by atoms with Crippen molar-refractivity contribution >= 4 is 16.9 Å². The maximum Gasteiger partial charge on any atom is 0.251 e. The van der Waals surface area contributed by atoms with Crippen molar-refractivity contribution in [2.45, 2.75) is 0 Å². The van der Waals surface area contributed by atoms with Crippen molar-refractivity contribution in [2.24, 2.45) is 0 Å². The number of amides is 1. The van der Waals surface area contributed by atoms with Crippen LogP contribution >= 0.6 is 0 Å². The summed E-state index contributed by atoms with van der Waals surface area (Å²) in [5.41, 5.74) is 3.66. The second-order valence-electron chi connectivity index (χ2n) is 6.36. The molecule has 4 rings (SSSR count). The first-order valence-electron chi connectivity index (χ1n) is 8.92. The van der Waals surface area contributed by atoms with Gasteiger partial charge in [-0.25, -0.2) is 4.98 Å². The number of carbonyl (C=O) groups is 1. The van der Waals surface area contributed by atoms with E-state index in [1.165, 1.54) is 0 Å². The molecule has 0 aliphatic carbocycles. The smallest absolute Gasteiger partial charge is 0.251 e. The zero-order valence-corrected chi connectivity index (χ0v) is 14.6. The van der Waals surface area contributed by atoms with Gasteiger partial charge in [0, 0.05) is 37.4 Å². The van der Waals surface area contributed by atoms with Gasteiger partial charge in [0.1, 0.15) is 6.33 Å². The van der Waals surface area contributed by atoms with Gasteiger partial charge in [0.2, 0.25) is 0 Å². The van der Waals surface area contributed by atoms with E-state index < -0.39 is 0 Å². The van der Waals surface area contributed by atoms with Crippen LogP contribution in [0.3, 0.4) is 0 Å². The number of imidazole rings is 1. The lowest BCUT2D eigenvalue weighted by molar-refractivity contribution is 0.0383. The van der Waals surface area contributed by atoms with Gasteiger partial charge in [-0.15, -0.1) is 0 Å². The van der Waals surface area contributed by atoms with E-state index in [-0.39, 0.29) is 5.91 Å². The molecule has 0 spiro atoms. The van der Waals surface area contributed by atoms with Crippen LogP contribution in [0.4, 0.5) is 0 Å². The Balaban J connectivity index is 1.38. The van der Waals surface area contributed by atoms with Crippen LogP contribution < -0.4 is 5.32 Å². The Morgan fingerprint density at radius 1 is 1.08 bits per heavy atom. The Bertz CT molecular complexity index is 882. The average molecular weight is 350 g/mol. The monoisotopic (exact) mass is 350 g/mol. The van der Waals surface area contributed by atoms with Crippen molar-refractivity contribution in [3.63, 3.8) is 0 Å². The highest BCUT2D eigenvalue weighted by molar-refractivity contribution is 5.94. The van der Waals surface area contributed by atoms with Crippen LogP contribution in [0.5, 0.6) is 0 Å². The van der Waals surface area contributed by atoms with Gasteiger partial charge in [0.05, 0.1) is 24.2 Å². The molecular weight excluding hydrogens is 328 g/mol. The highest BCUT2D eigenvalue weighted by Crippen LogP contribution is 2.18. The van der Waals surface area contributed by atoms with Gasteiger partial charge in [-0.05, 0) is 36.4 Å². The Morgan fingerprint density at radius 3 is 2.65 bits per heavy atom. The summed E-state index contributed by atoms with van der Waals surface area (Å²) in [4.78, 5) is 19.0. The molecule has 1 aromatic heterocycles. The highest BCUT2D eigenvalue weighted by atomic mass is 16.5. The summed E-state index contributed by atoms with van der Waals surface area (Å²) < 4.78 is 7.35. The molecule has 1 fully saturated rings. The van der Waals surface area contributed by atoms with Crippen molar-refractivity contribution in [3.05, 3.63) is 60.4 Å². The summed E-state index contributed by atoms with van der Waals surface area (Å²) in [6.45, 7) is 4.92. The number of morpholine rings is 1. The molecule has 0 saturated carbocycles. The normalized spacial score (nSPS) is 15.2. The van der Waals surface area contributed by atoms with Crippen LogP contribution in [0.15, 0.2) is 54.9 Å². The van der Waals surface area contributed by atoms with Gasteiger partial charge < -0.3 is 10.1 Å². The first kappa shape index (κ1) is 16.8. The summed E-state index contributed by atoms with van der Waals surface area (Å²) in [6.07, 6.45) is 1.81. The number of carbonyl (C=O) groups excluding carboxylic acids is 1. The lowest BCUT2D eigenvalue weighted by Crippen LogP contribution is -2.41. The van der Waals surface area contributed by atoms with Crippen LogP contribution in [-0.4, -0.2) is 59.8 Å². The number of rotatable bonds is 5. The summed E-state index contributed by atoms with van der Waals surface area (Å²) in [5, 5.41) is 2.99. The van der Waals surface area contributed by atoms with E-state index in [0.717, 1.165) is 49.6 Å². The maximum atomic E-state index is 12.3. The van der Waals surface area contributed by atoms with E-state index in [4.69, 9.17) is 4.74 Å². The predicted molar refractivity (Wildman–Crippen MR) is 101 cm³/mol. The molecule has 6 nitrogen and oxygen atoms in total. The number of benzene rings is 2. The number of nitrogens with zero attached hydrogens (tertiary/aromatic N) is 3. The molecule has 134 valence electrons. The third-order valence-electron chi connectivity index (χ3n) is 4.68. The molecule has 2 aromatic carbocycles. The molecule has 0 radical (unpaired) electrons. The molecule has 0 atom stereocenters. The first-order chi connectivity index (χ1) is 12.8. The minimum absolute atomic E-state index is 0.0414. The Labute approximate surface area is 152 Å². The molecule has 26 heavy (non-hydrogen) atoms. The van der Waals surface area contributed by atoms with Gasteiger partial charge in [-0.1, -0.05) is 12.1 Å². The summed E-state index contributed by atoms with van der Waals surface area (Å²) in [5.74, 6) is -0.0414. The zero-order valence-electron chi connectivity index (χ0n) is 14.6. The van der Waals surface area contributed by atoms with Crippen LogP contribution in [0, 0.1) is 0 Å². The fourth-order valence-corrected chi connectivity index (χ4v) is 3.19. The largest absolute Gasteiger partial charge is 0.379 e. The van der Waals surface area contributed by atoms with Crippen LogP contribution in [0.25, 0.3) is 16.7 Å². The SMILES string of the molecule is O=C(NCCN1CCOCC1)c1ccc(-n2cnc3ccccc32)cc1. The van der Waals surface area contributed by atoms with Crippen LogP contribution in [0.1, 0.15) is 10.4 Å². The van der Waals surface area contributed by atoms with Crippen molar-refractivity contribution < 1.29 is 9.53 Å². The topological polar surface area (TPSA) is 59.4 Å². The molecule has 2 heterocycles. The van der Waals surface area contributed by atoms with Gasteiger partial charge in [-0.3, -0.25) is 14.3 Å². The number of ether oxygens (including phenoxy) is 1. The van der Waals surface area contributed by atoms with Gasteiger partial charge in [-0.2, -0.15) is 0 Å². The molecule has 3 aromatic rings. The molecule has 1 N–H and O–H groups in total. The predicted octanol–water partition coefficient (Wildman–Crippen LogP) is 2.09. The minimum atomic E-state index is -0.0414.